The molecule has 1 fully saturated rings. The van der Waals surface area contributed by atoms with E-state index in [1.165, 1.54) is 12.1 Å². The van der Waals surface area contributed by atoms with Gasteiger partial charge in [0.1, 0.15) is 0 Å². The maximum Gasteiger partial charge on any atom is 0.313 e. The fourth-order valence-electron chi connectivity index (χ4n) is 2.50. The lowest BCUT2D eigenvalue weighted by Gasteiger charge is -2.27. The summed E-state index contributed by atoms with van der Waals surface area (Å²) in [5.41, 5.74) is 0.323. The van der Waals surface area contributed by atoms with Gasteiger partial charge in [0.25, 0.3) is 0 Å². The topological polar surface area (TPSA) is 78.4 Å². The molecule has 1 saturated carbocycles. The lowest BCUT2D eigenvalue weighted by atomic mass is 9.86. The predicted octanol–water partition coefficient (Wildman–Crippen LogP) is 2.60. The molecule has 0 heterocycles. The second kappa shape index (κ2) is 7.81. The number of anilines is 1. The van der Waals surface area contributed by atoms with Gasteiger partial charge in [0.15, 0.2) is 0 Å². The number of rotatable bonds is 3. The summed E-state index contributed by atoms with van der Waals surface area (Å²) in [6, 6.07) is 4.58. The Hall–Kier alpha value is -1.30. The van der Waals surface area contributed by atoms with Crippen LogP contribution >= 0.6 is 23.2 Å². The summed E-state index contributed by atoms with van der Waals surface area (Å²) in [6.45, 7) is 0.293. The van der Waals surface area contributed by atoms with E-state index in [0.29, 0.717) is 17.3 Å². The Bertz CT molecular complexity index is 566. The van der Waals surface area contributed by atoms with Gasteiger partial charge in [-0.15, -0.1) is 0 Å². The van der Waals surface area contributed by atoms with Crippen LogP contribution < -0.4 is 10.6 Å². The van der Waals surface area contributed by atoms with Crippen LogP contribution in [0, 0.1) is 5.92 Å². The number of hydrogen-bond donors (Lipinski definition) is 3. The van der Waals surface area contributed by atoms with Crippen molar-refractivity contribution in [3.63, 3.8) is 0 Å². The molecule has 0 spiro atoms. The highest BCUT2D eigenvalue weighted by molar-refractivity contribution is 6.42. The van der Waals surface area contributed by atoms with Crippen molar-refractivity contribution in [1.82, 2.24) is 5.32 Å². The molecule has 1 aromatic carbocycles. The maximum absolute atomic E-state index is 11.8. The molecule has 0 saturated heterocycles. The number of amides is 2. The molecule has 120 valence electrons. The molecular formula is C15H18Cl2N2O3. The molecule has 2 amide bonds. The third-order valence-corrected chi connectivity index (χ3v) is 4.33. The molecule has 1 aromatic rings. The zero-order chi connectivity index (χ0) is 16.1. The first-order valence-electron chi connectivity index (χ1n) is 7.19. The van der Waals surface area contributed by atoms with Gasteiger partial charge >= 0.3 is 11.8 Å². The molecular weight excluding hydrogens is 327 g/mol. The lowest BCUT2D eigenvalue weighted by molar-refractivity contribution is -0.136. The number of nitrogens with one attached hydrogen (secondary N) is 2. The summed E-state index contributed by atoms with van der Waals surface area (Å²) in [4.78, 5) is 23.6. The Kier molecular flexibility index (Phi) is 6.06. The van der Waals surface area contributed by atoms with Gasteiger partial charge in [-0.2, -0.15) is 0 Å². The van der Waals surface area contributed by atoms with Crippen LogP contribution in [-0.2, 0) is 9.59 Å². The summed E-state index contributed by atoms with van der Waals surface area (Å²) in [7, 11) is 0. The summed E-state index contributed by atoms with van der Waals surface area (Å²) >= 11 is 11.7. The highest BCUT2D eigenvalue weighted by Gasteiger charge is 2.24. The number of aliphatic hydroxyl groups is 1. The van der Waals surface area contributed by atoms with Crippen LogP contribution in [-0.4, -0.2) is 29.6 Å². The predicted molar refractivity (Wildman–Crippen MR) is 86.1 cm³/mol. The normalized spacial score (nSPS) is 21.2. The Morgan fingerprint density at radius 1 is 1.18 bits per heavy atom. The van der Waals surface area contributed by atoms with Gasteiger partial charge in [-0.25, -0.2) is 0 Å². The lowest BCUT2D eigenvalue weighted by Crippen LogP contribution is -2.41. The molecule has 2 rings (SSSR count). The largest absolute Gasteiger partial charge is 0.393 e. The van der Waals surface area contributed by atoms with E-state index in [9.17, 15) is 14.7 Å². The first-order valence-corrected chi connectivity index (χ1v) is 7.95. The summed E-state index contributed by atoms with van der Waals surface area (Å²) in [5.74, 6) is -1.54. The fourth-order valence-corrected chi connectivity index (χ4v) is 2.96. The van der Waals surface area contributed by atoms with Gasteiger partial charge in [0, 0.05) is 17.5 Å². The van der Waals surface area contributed by atoms with Gasteiger partial charge in [0.05, 0.1) is 16.8 Å². The molecule has 2 atom stereocenters. The van der Waals surface area contributed by atoms with Crippen LogP contribution in [0.2, 0.25) is 10.0 Å². The van der Waals surface area contributed by atoms with Crippen LogP contribution in [0.1, 0.15) is 25.7 Å². The minimum Gasteiger partial charge on any atom is -0.393 e. The Balaban J connectivity index is 1.85. The number of hydrogen-bond acceptors (Lipinski definition) is 3. The zero-order valence-electron chi connectivity index (χ0n) is 11.9. The first-order chi connectivity index (χ1) is 10.5. The van der Waals surface area contributed by atoms with Gasteiger partial charge in [0.2, 0.25) is 0 Å². The molecule has 0 aliphatic heterocycles. The minimum absolute atomic E-state index is 0.00428. The van der Waals surface area contributed by atoms with Crippen molar-refractivity contribution in [1.29, 1.82) is 0 Å². The van der Waals surface area contributed by atoms with Crippen molar-refractivity contribution in [2.45, 2.75) is 31.8 Å². The molecule has 1 aliphatic rings. The average molecular weight is 345 g/mol. The van der Waals surface area contributed by atoms with Crippen molar-refractivity contribution in [2.75, 3.05) is 11.9 Å². The maximum atomic E-state index is 11.8. The van der Waals surface area contributed by atoms with E-state index < -0.39 is 17.9 Å². The monoisotopic (exact) mass is 344 g/mol. The molecule has 0 radical (unpaired) electrons. The molecule has 5 nitrogen and oxygen atoms in total. The average Bonchev–Trinajstić information content (AvgIpc) is 2.49. The van der Waals surface area contributed by atoms with Crippen LogP contribution in [0.4, 0.5) is 5.69 Å². The third-order valence-electron chi connectivity index (χ3n) is 3.78. The second-order valence-electron chi connectivity index (χ2n) is 5.40. The van der Waals surface area contributed by atoms with Gasteiger partial charge in [-0.1, -0.05) is 36.0 Å². The molecule has 0 bridgehead atoms. The standard InChI is InChI=1S/C15H18Cl2N2O3/c16-10-5-6-12(11(17)7-10)19-15(22)14(21)18-8-9-3-1-2-4-13(9)20/h5-7,9,13,20H,1-4,8H2,(H,18,21)(H,19,22). The van der Waals surface area contributed by atoms with Gasteiger partial charge < -0.3 is 15.7 Å². The van der Waals surface area contributed by atoms with Crippen LogP contribution in [0.5, 0.6) is 0 Å². The Morgan fingerprint density at radius 3 is 2.59 bits per heavy atom. The summed E-state index contributed by atoms with van der Waals surface area (Å²) < 4.78 is 0. The van der Waals surface area contributed by atoms with E-state index in [1.807, 2.05) is 0 Å². The quantitative estimate of drug-likeness (QED) is 0.737. The molecule has 7 heteroatoms. The van der Waals surface area contributed by atoms with Gasteiger partial charge in [-0.05, 0) is 31.0 Å². The van der Waals surface area contributed by atoms with Crippen LogP contribution in [0.3, 0.4) is 0 Å². The van der Waals surface area contributed by atoms with Gasteiger partial charge in [-0.3, -0.25) is 9.59 Å². The number of aliphatic hydroxyl groups excluding tert-OH is 1. The first kappa shape index (κ1) is 17.1. The van der Waals surface area contributed by atoms with E-state index in [4.69, 9.17) is 23.2 Å². The highest BCUT2D eigenvalue weighted by Crippen LogP contribution is 2.25. The fraction of sp³-hybridized carbons (Fsp3) is 0.467. The summed E-state index contributed by atoms with van der Waals surface area (Å²) in [6.07, 6.45) is 3.22. The Morgan fingerprint density at radius 2 is 1.91 bits per heavy atom. The Labute approximate surface area is 139 Å². The highest BCUT2D eigenvalue weighted by atomic mass is 35.5. The second-order valence-corrected chi connectivity index (χ2v) is 6.24. The molecule has 2 unspecified atom stereocenters. The van der Waals surface area contributed by atoms with E-state index in [0.717, 1.165) is 25.7 Å². The van der Waals surface area contributed by atoms with Crippen molar-refractivity contribution >= 4 is 40.7 Å². The van der Waals surface area contributed by atoms with E-state index in [1.54, 1.807) is 6.07 Å². The zero-order valence-corrected chi connectivity index (χ0v) is 13.5. The van der Waals surface area contributed by atoms with Crippen molar-refractivity contribution in [3.8, 4) is 0 Å². The molecule has 3 N–H and O–H groups in total. The number of halogens is 2. The summed E-state index contributed by atoms with van der Waals surface area (Å²) in [5, 5.41) is 15.5. The molecule has 1 aliphatic carbocycles. The smallest absolute Gasteiger partial charge is 0.313 e. The number of carbonyl (C=O) groups is 2. The minimum atomic E-state index is -0.797. The van der Waals surface area contributed by atoms with Crippen molar-refractivity contribution < 1.29 is 14.7 Å². The van der Waals surface area contributed by atoms with E-state index >= 15 is 0 Å². The third kappa shape index (κ3) is 4.60. The number of carbonyl (C=O) groups excluding carboxylic acids is 2. The SMILES string of the molecule is O=C(NCC1CCCCC1O)C(=O)Nc1ccc(Cl)cc1Cl. The van der Waals surface area contributed by atoms with Crippen molar-refractivity contribution in [2.24, 2.45) is 5.92 Å². The van der Waals surface area contributed by atoms with Crippen LogP contribution in [0.25, 0.3) is 0 Å². The molecule has 0 aromatic heterocycles. The van der Waals surface area contributed by atoms with E-state index in [2.05, 4.69) is 10.6 Å². The molecule has 22 heavy (non-hydrogen) atoms. The van der Waals surface area contributed by atoms with E-state index in [-0.39, 0.29) is 10.9 Å². The number of benzene rings is 1. The van der Waals surface area contributed by atoms with Crippen LogP contribution in [0.15, 0.2) is 18.2 Å². The van der Waals surface area contributed by atoms with Crippen molar-refractivity contribution in [3.05, 3.63) is 28.2 Å².